The van der Waals surface area contributed by atoms with Crippen molar-refractivity contribution in [2.75, 3.05) is 40.9 Å². The highest BCUT2D eigenvalue weighted by Gasteiger charge is 2.28. The first-order chi connectivity index (χ1) is 38.5. The summed E-state index contributed by atoms with van der Waals surface area (Å²) in [6.07, 6.45) is 81.7. The molecule has 0 aliphatic rings. The minimum atomic E-state index is -4.36. The lowest BCUT2D eigenvalue weighted by molar-refractivity contribution is -0.870. The fraction of sp³-hybridized carbons (Fsp3) is 0.900. The highest BCUT2D eigenvalue weighted by Crippen LogP contribution is 2.43. The van der Waals surface area contributed by atoms with Crippen LogP contribution in [0.5, 0.6) is 0 Å². The highest BCUT2D eigenvalue weighted by molar-refractivity contribution is 7.47. The van der Waals surface area contributed by atoms with Crippen LogP contribution in [-0.4, -0.2) is 73.4 Å². The van der Waals surface area contributed by atoms with Crippen LogP contribution in [0.3, 0.4) is 0 Å². The summed E-state index contributed by atoms with van der Waals surface area (Å²) in [7, 11) is 1.56. The minimum Gasteiger partial charge on any atom is -0.387 e. The summed E-state index contributed by atoms with van der Waals surface area (Å²) in [5.74, 6) is -0.184. The van der Waals surface area contributed by atoms with Gasteiger partial charge < -0.3 is 19.8 Å². The van der Waals surface area contributed by atoms with Crippen LogP contribution in [0.4, 0.5) is 0 Å². The fourth-order valence-corrected chi connectivity index (χ4v) is 11.4. The Morgan fingerprint density at radius 1 is 0.418 bits per heavy atom. The minimum absolute atomic E-state index is 0.0553. The summed E-state index contributed by atoms with van der Waals surface area (Å²) in [4.78, 5) is 23.4. The van der Waals surface area contributed by atoms with Gasteiger partial charge in [-0.05, 0) is 44.9 Å². The van der Waals surface area contributed by atoms with Gasteiger partial charge in [0.25, 0.3) is 0 Å². The molecule has 8 nitrogen and oxygen atoms in total. The van der Waals surface area contributed by atoms with Gasteiger partial charge in [-0.2, -0.15) is 0 Å². The molecule has 79 heavy (non-hydrogen) atoms. The Kier molecular flexibility index (Phi) is 60.3. The van der Waals surface area contributed by atoms with Crippen molar-refractivity contribution in [3.63, 3.8) is 0 Å². The Bertz CT molecular complexity index is 1380. The molecule has 0 aliphatic heterocycles. The summed E-state index contributed by atoms with van der Waals surface area (Å²) in [5, 5.41) is 14.0. The summed E-state index contributed by atoms with van der Waals surface area (Å²) in [6.45, 7) is 4.84. The van der Waals surface area contributed by atoms with Crippen molar-refractivity contribution in [2.45, 2.75) is 366 Å². The van der Waals surface area contributed by atoms with Gasteiger partial charge in [-0.1, -0.05) is 339 Å². The zero-order valence-electron chi connectivity index (χ0n) is 53.6. The van der Waals surface area contributed by atoms with E-state index in [-0.39, 0.29) is 19.1 Å². The molecule has 0 fully saturated rings. The molecule has 0 saturated heterocycles. The van der Waals surface area contributed by atoms with Crippen LogP contribution in [0.1, 0.15) is 354 Å². The van der Waals surface area contributed by atoms with Gasteiger partial charge in [0.1, 0.15) is 13.2 Å². The highest BCUT2D eigenvalue weighted by atomic mass is 31.2. The number of unbranched alkanes of at least 4 members (excludes halogenated alkanes) is 48. The van der Waals surface area contributed by atoms with E-state index in [0.29, 0.717) is 17.4 Å². The Morgan fingerprint density at radius 3 is 1.01 bits per heavy atom. The Labute approximate surface area is 493 Å². The van der Waals surface area contributed by atoms with E-state index in [9.17, 15) is 19.4 Å². The van der Waals surface area contributed by atoms with E-state index in [1.54, 1.807) is 6.08 Å². The van der Waals surface area contributed by atoms with Crippen LogP contribution in [0.25, 0.3) is 0 Å². The molecular formula is C70H138N2O6P+. The lowest BCUT2D eigenvalue weighted by atomic mass is 10.0. The number of amides is 1. The molecular weight excluding hydrogens is 996 g/mol. The molecule has 3 unspecified atom stereocenters. The molecule has 468 valence electrons. The SMILES string of the molecule is CCCCCCCCCCCC/C=C/CC/C=C/CC/C=C/C(O)C(COP(=O)(O)OCC[N+](C)(C)C)NC(=O)CCCCCCCCCCCCCCCCCCCCCCCCCCCCCCCCCCCCCCC. The Hall–Kier alpha value is -1.28. The molecule has 3 N–H and O–H groups in total. The number of hydrogen-bond donors (Lipinski definition) is 3. The third-order valence-electron chi connectivity index (χ3n) is 16.1. The number of aliphatic hydroxyl groups is 1. The van der Waals surface area contributed by atoms with Crippen LogP contribution in [-0.2, 0) is 18.4 Å². The molecule has 0 heterocycles. The number of hydrogen-bond acceptors (Lipinski definition) is 5. The monoisotopic (exact) mass is 1130 g/mol. The van der Waals surface area contributed by atoms with E-state index in [0.717, 1.165) is 44.9 Å². The largest absolute Gasteiger partial charge is 0.472 e. The Morgan fingerprint density at radius 2 is 0.696 bits per heavy atom. The lowest BCUT2D eigenvalue weighted by Crippen LogP contribution is -2.45. The third-order valence-corrected chi connectivity index (χ3v) is 17.1. The molecule has 0 saturated carbocycles. The average molecular weight is 1130 g/mol. The quantitative estimate of drug-likeness (QED) is 0.0243. The number of nitrogens with zero attached hydrogens (tertiary/aromatic N) is 1. The van der Waals surface area contributed by atoms with E-state index in [2.05, 4.69) is 43.5 Å². The number of aliphatic hydroxyl groups excluding tert-OH is 1. The van der Waals surface area contributed by atoms with Crippen LogP contribution in [0.2, 0.25) is 0 Å². The molecule has 0 aromatic carbocycles. The van der Waals surface area contributed by atoms with Gasteiger partial charge in [-0.25, -0.2) is 4.57 Å². The van der Waals surface area contributed by atoms with Gasteiger partial charge in [0.05, 0.1) is 39.9 Å². The van der Waals surface area contributed by atoms with E-state index in [1.807, 2.05) is 27.2 Å². The number of carbonyl (C=O) groups excluding carboxylic acids is 1. The average Bonchev–Trinajstić information content (AvgIpc) is 3.42. The first-order valence-corrected chi connectivity index (χ1v) is 36.4. The number of quaternary nitrogens is 1. The maximum absolute atomic E-state index is 13.0. The zero-order valence-corrected chi connectivity index (χ0v) is 54.5. The van der Waals surface area contributed by atoms with Gasteiger partial charge in [0, 0.05) is 6.42 Å². The number of carbonyl (C=O) groups is 1. The summed E-state index contributed by atoms with van der Waals surface area (Å²) < 4.78 is 23.8. The number of phosphoric ester groups is 1. The van der Waals surface area contributed by atoms with Crippen molar-refractivity contribution in [3.05, 3.63) is 36.5 Å². The van der Waals surface area contributed by atoms with Crippen molar-refractivity contribution in [2.24, 2.45) is 0 Å². The van der Waals surface area contributed by atoms with Crippen LogP contribution >= 0.6 is 7.82 Å². The Balaban J connectivity index is 3.98. The van der Waals surface area contributed by atoms with Gasteiger partial charge in [0.2, 0.25) is 5.91 Å². The number of likely N-dealkylation sites (N-methyl/N-ethyl adjacent to an activating group) is 1. The smallest absolute Gasteiger partial charge is 0.387 e. The fourth-order valence-electron chi connectivity index (χ4n) is 10.7. The second-order valence-electron chi connectivity index (χ2n) is 25.3. The van der Waals surface area contributed by atoms with E-state index < -0.39 is 20.0 Å². The second kappa shape index (κ2) is 61.3. The van der Waals surface area contributed by atoms with Crippen molar-refractivity contribution in [1.82, 2.24) is 5.32 Å². The molecule has 0 rings (SSSR count). The molecule has 9 heteroatoms. The van der Waals surface area contributed by atoms with Crippen LogP contribution in [0.15, 0.2) is 36.5 Å². The van der Waals surface area contributed by atoms with Gasteiger partial charge in [-0.15, -0.1) is 0 Å². The first-order valence-electron chi connectivity index (χ1n) is 34.9. The van der Waals surface area contributed by atoms with E-state index >= 15 is 0 Å². The van der Waals surface area contributed by atoms with Gasteiger partial charge in [-0.3, -0.25) is 13.8 Å². The van der Waals surface area contributed by atoms with Crippen molar-refractivity contribution >= 4 is 13.7 Å². The van der Waals surface area contributed by atoms with Crippen LogP contribution in [0, 0.1) is 0 Å². The first kappa shape index (κ1) is 77.7. The molecule has 0 aliphatic carbocycles. The van der Waals surface area contributed by atoms with Crippen molar-refractivity contribution in [3.8, 4) is 0 Å². The zero-order chi connectivity index (χ0) is 57.7. The number of allylic oxidation sites excluding steroid dienone is 5. The van der Waals surface area contributed by atoms with Crippen molar-refractivity contribution < 1.29 is 32.9 Å². The summed E-state index contributed by atoms with van der Waals surface area (Å²) >= 11 is 0. The third kappa shape index (κ3) is 64.1. The van der Waals surface area contributed by atoms with E-state index in [4.69, 9.17) is 9.05 Å². The standard InChI is InChI=1S/C70H137N2O6P/c1-6-8-10-12-14-16-18-20-22-24-26-28-29-30-31-32-33-34-35-36-37-38-39-40-41-42-43-44-46-48-50-52-54-56-58-60-62-64-70(74)71-68(67-78-79(75,76)77-66-65-72(3,4)5)69(73)63-61-59-57-55-53-51-49-47-45-27-25-23-21-19-17-15-13-11-9-7-2/h45,47,53,55,61,63,68-69,73H,6-44,46,48-52,54,56-60,62,64-67H2,1-5H3,(H-,71,74,75,76)/p+1/b47-45+,55-53+,63-61+. The van der Waals surface area contributed by atoms with Gasteiger partial charge in [0.15, 0.2) is 0 Å². The molecule has 0 bridgehead atoms. The summed E-state index contributed by atoms with van der Waals surface area (Å²) in [5.41, 5.74) is 0. The molecule has 0 aromatic rings. The molecule has 0 aromatic heterocycles. The molecule has 0 radical (unpaired) electrons. The predicted molar refractivity (Wildman–Crippen MR) is 346 cm³/mol. The maximum Gasteiger partial charge on any atom is 0.472 e. The lowest BCUT2D eigenvalue weighted by Gasteiger charge is -2.25. The number of phosphoric acid groups is 1. The topological polar surface area (TPSA) is 105 Å². The normalized spacial score (nSPS) is 13.9. The molecule has 0 spiro atoms. The van der Waals surface area contributed by atoms with Gasteiger partial charge >= 0.3 is 7.82 Å². The second-order valence-corrected chi connectivity index (χ2v) is 26.7. The number of nitrogens with one attached hydrogen (secondary N) is 1. The number of rotatable bonds is 65. The van der Waals surface area contributed by atoms with Crippen molar-refractivity contribution in [1.29, 1.82) is 0 Å². The maximum atomic E-state index is 13.0. The van der Waals surface area contributed by atoms with Crippen LogP contribution < -0.4 is 5.32 Å². The molecule has 3 atom stereocenters. The predicted octanol–water partition coefficient (Wildman–Crippen LogP) is 22.1. The molecule has 1 amide bonds. The summed E-state index contributed by atoms with van der Waals surface area (Å²) in [6, 6.07) is -0.869. The van der Waals surface area contributed by atoms with E-state index in [1.165, 1.54) is 289 Å².